The van der Waals surface area contributed by atoms with E-state index in [-0.39, 0.29) is 0 Å². The predicted molar refractivity (Wildman–Crippen MR) is 66.4 cm³/mol. The molecule has 1 aromatic rings. The molecule has 0 radical (unpaired) electrons. The molecule has 0 atom stereocenters. The molecule has 0 aliphatic heterocycles. The van der Waals surface area contributed by atoms with Crippen molar-refractivity contribution < 1.29 is 0 Å². The van der Waals surface area contributed by atoms with Gasteiger partial charge in [0.25, 0.3) is 0 Å². The molecule has 0 saturated heterocycles. The third-order valence-electron chi connectivity index (χ3n) is 1.68. The SMILES string of the molecule is CCNCCCNc1ncc(I)cn1. The van der Waals surface area contributed by atoms with Crippen LogP contribution in [0.1, 0.15) is 13.3 Å². The first-order chi connectivity index (χ1) is 6.83. The Morgan fingerprint density at radius 1 is 1.29 bits per heavy atom. The van der Waals surface area contributed by atoms with Crippen LogP contribution in [0.25, 0.3) is 0 Å². The number of anilines is 1. The van der Waals surface area contributed by atoms with Crippen LogP contribution in [0.5, 0.6) is 0 Å². The number of nitrogens with zero attached hydrogens (tertiary/aromatic N) is 2. The molecule has 1 heterocycles. The molecule has 14 heavy (non-hydrogen) atoms. The normalized spacial score (nSPS) is 10.1. The van der Waals surface area contributed by atoms with Gasteiger partial charge < -0.3 is 10.6 Å². The quantitative estimate of drug-likeness (QED) is 0.618. The summed E-state index contributed by atoms with van der Waals surface area (Å²) in [6.45, 7) is 5.08. The summed E-state index contributed by atoms with van der Waals surface area (Å²) in [4.78, 5) is 8.29. The molecule has 4 nitrogen and oxygen atoms in total. The molecular formula is C9H15IN4. The Morgan fingerprint density at radius 3 is 2.64 bits per heavy atom. The van der Waals surface area contributed by atoms with Gasteiger partial charge in [-0.1, -0.05) is 6.92 Å². The second-order valence-electron chi connectivity index (χ2n) is 2.86. The van der Waals surface area contributed by atoms with Gasteiger partial charge in [-0.25, -0.2) is 9.97 Å². The minimum Gasteiger partial charge on any atom is -0.354 e. The number of nitrogens with one attached hydrogen (secondary N) is 2. The molecule has 0 amide bonds. The molecule has 0 aromatic carbocycles. The molecule has 1 aromatic heterocycles. The van der Waals surface area contributed by atoms with Crippen LogP contribution >= 0.6 is 22.6 Å². The van der Waals surface area contributed by atoms with E-state index in [0.29, 0.717) is 5.95 Å². The Labute approximate surface area is 98.1 Å². The lowest BCUT2D eigenvalue weighted by Crippen LogP contribution is -2.17. The third kappa shape index (κ3) is 4.71. The second-order valence-corrected chi connectivity index (χ2v) is 4.10. The second kappa shape index (κ2) is 6.94. The molecular weight excluding hydrogens is 291 g/mol. The van der Waals surface area contributed by atoms with Crippen molar-refractivity contribution in [2.45, 2.75) is 13.3 Å². The topological polar surface area (TPSA) is 49.8 Å². The lowest BCUT2D eigenvalue weighted by atomic mass is 10.4. The van der Waals surface area contributed by atoms with Gasteiger partial charge in [0.1, 0.15) is 0 Å². The lowest BCUT2D eigenvalue weighted by molar-refractivity contribution is 0.687. The van der Waals surface area contributed by atoms with Crippen molar-refractivity contribution in [3.05, 3.63) is 16.0 Å². The highest BCUT2D eigenvalue weighted by Crippen LogP contribution is 2.02. The fourth-order valence-electron chi connectivity index (χ4n) is 0.994. The van der Waals surface area contributed by atoms with Crippen molar-refractivity contribution in [2.75, 3.05) is 25.0 Å². The molecule has 0 saturated carbocycles. The van der Waals surface area contributed by atoms with Crippen molar-refractivity contribution in [1.29, 1.82) is 0 Å². The summed E-state index contributed by atoms with van der Waals surface area (Å²) in [5, 5.41) is 6.43. The van der Waals surface area contributed by atoms with E-state index in [2.05, 4.69) is 50.1 Å². The van der Waals surface area contributed by atoms with Crippen molar-refractivity contribution in [2.24, 2.45) is 0 Å². The maximum atomic E-state index is 4.15. The van der Waals surface area contributed by atoms with Crippen molar-refractivity contribution >= 4 is 28.5 Å². The van der Waals surface area contributed by atoms with E-state index in [1.165, 1.54) is 0 Å². The highest BCUT2D eigenvalue weighted by atomic mass is 127. The van der Waals surface area contributed by atoms with Gasteiger partial charge >= 0.3 is 0 Å². The van der Waals surface area contributed by atoms with Crippen molar-refractivity contribution in [1.82, 2.24) is 15.3 Å². The first-order valence-corrected chi connectivity index (χ1v) is 5.83. The number of halogens is 1. The minimum atomic E-state index is 0.710. The standard InChI is InChI=1S/C9H15IN4/c1-2-11-4-3-5-12-9-13-6-8(10)7-14-9/h6-7,11H,2-5H2,1H3,(H,12,13,14). The largest absolute Gasteiger partial charge is 0.354 e. The Kier molecular flexibility index (Phi) is 5.77. The zero-order valence-electron chi connectivity index (χ0n) is 8.26. The van der Waals surface area contributed by atoms with Gasteiger partial charge in [-0.15, -0.1) is 0 Å². The highest BCUT2D eigenvalue weighted by Gasteiger charge is 1.93. The van der Waals surface area contributed by atoms with Crippen LogP contribution in [0, 0.1) is 3.57 Å². The molecule has 5 heteroatoms. The lowest BCUT2D eigenvalue weighted by Gasteiger charge is -2.04. The third-order valence-corrected chi connectivity index (χ3v) is 2.24. The summed E-state index contributed by atoms with van der Waals surface area (Å²) in [6.07, 6.45) is 4.70. The molecule has 0 spiro atoms. The van der Waals surface area contributed by atoms with Gasteiger partial charge in [-0.3, -0.25) is 0 Å². The van der Waals surface area contributed by atoms with Gasteiger partial charge in [-0.05, 0) is 42.1 Å². The summed E-state index contributed by atoms with van der Waals surface area (Å²) in [7, 11) is 0. The van der Waals surface area contributed by atoms with Crippen molar-refractivity contribution in [3.8, 4) is 0 Å². The number of aromatic nitrogens is 2. The van der Waals surface area contributed by atoms with Gasteiger partial charge in [0.2, 0.25) is 5.95 Å². The average Bonchev–Trinajstić information content (AvgIpc) is 2.21. The van der Waals surface area contributed by atoms with Crippen LogP contribution in [-0.4, -0.2) is 29.6 Å². The molecule has 0 bridgehead atoms. The van der Waals surface area contributed by atoms with E-state index >= 15 is 0 Å². The Morgan fingerprint density at radius 2 is 2.00 bits per heavy atom. The van der Waals surface area contributed by atoms with E-state index in [1.807, 2.05) is 0 Å². The fraction of sp³-hybridized carbons (Fsp3) is 0.556. The smallest absolute Gasteiger partial charge is 0.222 e. The first kappa shape index (κ1) is 11.6. The number of hydrogen-bond donors (Lipinski definition) is 2. The van der Waals surface area contributed by atoms with Gasteiger partial charge in [0.15, 0.2) is 0 Å². The monoisotopic (exact) mass is 306 g/mol. The van der Waals surface area contributed by atoms with Gasteiger partial charge in [0, 0.05) is 22.5 Å². The molecule has 0 fully saturated rings. The highest BCUT2D eigenvalue weighted by molar-refractivity contribution is 14.1. The van der Waals surface area contributed by atoms with Crippen LogP contribution in [-0.2, 0) is 0 Å². The molecule has 0 aliphatic carbocycles. The number of hydrogen-bond acceptors (Lipinski definition) is 4. The summed E-state index contributed by atoms with van der Waals surface area (Å²) in [5.74, 6) is 0.710. The van der Waals surface area contributed by atoms with Crippen LogP contribution < -0.4 is 10.6 Å². The van der Waals surface area contributed by atoms with E-state index in [9.17, 15) is 0 Å². The van der Waals surface area contributed by atoms with Gasteiger partial charge in [0.05, 0.1) is 0 Å². The summed E-state index contributed by atoms with van der Waals surface area (Å²) in [6, 6.07) is 0. The molecule has 2 N–H and O–H groups in total. The van der Waals surface area contributed by atoms with Crippen LogP contribution in [0.3, 0.4) is 0 Å². The van der Waals surface area contributed by atoms with Crippen LogP contribution in [0.2, 0.25) is 0 Å². The maximum absolute atomic E-state index is 4.15. The van der Waals surface area contributed by atoms with E-state index in [1.54, 1.807) is 12.4 Å². The maximum Gasteiger partial charge on any atom is 0.222 e. The number of rotatable bonds is 6. The van der Waals surface area contributed by atoms with Crippen LogP contribution in [0.15, 0.2) is 12.4 Å². The minimum absolute atomic E-state index is 0.710. The molecule has 0 aliphatic rings. The van der Waals surface area contributed by atoms with E-state index < -0.39 is 0 Å². The van der Waals surface area contributed by atoms with E-state index in [0.717, 1.165) is 29.6 Å². The van der Waals surface area contributed by atoms with Crippen molar-refractivity contribution in [3.63, 3.8) is 0 Å². The average molecular weight is 306 g/mol. The molecule has 0 unspecified atom stereocenters. The zero-order chi connectivity index (χ0) is 10.2. The van der Waals surface area contributed by atoms with Crippen LogP contribution in [0.4, 0.5) is 5.95 Å². The fourth-order valence-corrected chi connectivity index (χ4v) is 1.27. The Hall–Kier alpha value is -0.430. The Balaban J connectivity index is 2.15. The van der Waals surface area contributed by atoms with Gasteiger partial charge in [-0.2, -0.15) is 0 Å². The molecule has 78 valence electrons. The Bertz CT molecular complexity index is 249. The first-order valence-electron chi connectivity index (χ1n) is 4.75. The van der Waals surface area contributed by atoms with E-state index in [4.69, 9.17) is 0 Å². The summed E-state index contributed by atoms with van der Waals surface area (Å²) >= 11 is 2.19. The summed E-state index contributed by atoms with van der Waals surface area (Å²) in [5.41, 5.74) is 0. The zero-order valence-corrected chi connectivity index (χ0v) is 10.4. The molecule has 1 rings (SSSR count). The summed E-state index contributed by atoms with van der Waals surface area (Å²) < 4.78 is 1.06. The predicted octanol–water partition coefficient (Wildman–Crippen LogP) is 1.49.